The van der Waals surface area contributed by atoms with E-state index < -0.39 is 4.99 Å². The highest BCUT2D eigenvalue weighted by Crippen LogP contribution is 2.40. The molecule has 7 N–H and O–H groups in total. The Hall–Kier alpha value is -1.93. The second kappa shape index (κ2) is 7.53. The largest absolute Gasteiger partial charge is 0.399 e. The molecule has 134 valence electrons. The molecule has 1 atom stereocenters. The molecule has 6 nitrogen and oxygen atoms in total. The van der Waals surface area contributed by atoms with Crippen LogP contribution < -0.4 is 22.5 Å². The van der Waals surface area contributed by atoms with Crippen molar-refractivity contribution in [2.45, 2.75) is 37.6 Å². The average molecular weight is 377 g/mol. The minimum absolute atomic E-state index is 0.487. The van der Waals surface area contributed by atoms with Gasteiger partial charge in [0.15, 0.2) is 15.9 Å². The van der Waals surface area contributed by atoms with E-state index in [1.54, 1.807) is 11.8 Å². The summed E-state index contributed by atoms with van der Waals surface area (Å²) in [4.78, 5) is 9.39. The van der Waals surface area contributed by atoms with Crippen molar-refractivity contribution in [1.29, 1.82) is 0 Å². The molecule has 1 aliphatic rings. The smallest absolute Gasteiger partial charge is 0.185 e. The summed E-state index contributed by atoms with van der Waals surface area (Å²) in [7, 11) is 0. The monoisotopic (exact) mass is 376 g/mol. The van der Waals surface area contributed by atoms with Crippen molar-refractivity contribution < 1.29 is 0 Å². The fraction of sp³-hybridized carbons (Fsp3) is 0.412. The average Bonchev–Trinajstić information content (AvgIpc) is 2.95. The lowest BCUT2D eigenvalue weighted by atomic mass is 10.1. The molecule has 0 aliphatic carbocycles. The summed E-state index contributed by atoms with van der Waals surface area (Å²) in [5.74, 6) is 2.19. The van der Waals surface area contributed by atoms with Crippen LogP contribution in [0, 0.1) is 0 Å². The van der Waals surface area contributed by atoms with Crippen LogP contribution in [-0.4, -0.2) is 21.6 Å². The van der Waals surface area contributed by atoms with Gasteiger partial charge in [0.05, 0.1) is 0 Å². The van der Waals surface area contributed by atoms with Gasteiger partial charge < -0.3 is 22.5 Å². The summed E-state index contributed by atoms with van der Waals surface area (Å²) in [5, 5.41) is 3.96. The quantitative estimate of drug-likeness (QED) is 0.435. The molecule has 0 radical (unpaired) electrons. The second-order valence-corrected chi connectivity index (χ2v) is 8.47. The van der Waals surface area contributed by atoms with Gasteiger partial charge >= 0.3 is 0 Å². The third-order valence-electron chi connectivity index (χ3n) is 4.07. The van der Waals surface area contributed by atoms with Gasteiger partial charge in [0, 0.05) is 12.1 Å². The zero-order valence-corrected chi connectivity index (χ0v) is 15.9. The number of aliphatic imine (C=N–C) groups is 1. The number of fused-ring (bicyclic) bond motifs is 1. The summed E-state index contributed by atoms with van der Waals surface area (Å²) >= 11 is 3.11. The summed E-state index contributed by atoms with van der Waals surface area (Å²) < 4.78 is 0. The SMILES string of the molecule is CCCCCSC1(Cc2ccccc2N)N=C(N)c2sc(N)nc2N1. The van der Waals surface area contributed by atoms with Crippen molar-refractivity contribution in [3.8, 4) is 0 Å². The normalized spacial score (nSPS) is 19.2. The van der Waals surface area contributed by atoms with Crippen LogP contribution in [0.5, 0.6) is 0 Å². The Morgan fingerprint density at radius 2 is 2.00 bits per heavy atom. The second-order valence-electron chi connectivity index (χ2n) is 6.07. The number of hydrogen-bond donors (Lipinski definition) is 4. The van der Waals surface area contributed by atoms with Crippen LogP contribution in [0.25, 0.3) is 0 Å². The highest BCUT2D eigenvalue weighted by Gasteiger charge is 2.37. The predicted molar refractivity (Wildman–Crippen MR) is 110 cm³/mol. The van der Waals surface area contributed by atoms with Crippen molar-refractivity contribution in [3.05, 3.63) is 34.7 Å². The van der Waals surface area contributed by atoms with Crippen molar-refractivity contribution in [2.75, 3.05) is 22.5 Å². The molecule has 2 heterocycles. The van der Waals surface area contributed by atoms with Crippen LogP contribution in [0.15, 0.2) is 29.3 Å². The molecule has 0 saturated carbocycles. The molecule has 3 rings (SSSR count). The first-order chi connectivity index (χ1) is 12.0. The zero-order chi connectivity index (χ0) is 17.9. The highest BCUT2D eigenvalue weighted by atomic mass is 32.2. The number of anilines is 3. The standard InChI is InChI=1S/C17H24N6S2/c1-2-3-6-9-24-17(10-11-7-4-5-8-12(11)18)22-14(19)13-15(23-17)21-16(20)25-13/h4-5,7-8,23H,2-3,6,9-10,18H2,1H3,(H2,19,22)(H2,20,21). The maximum Gasteiger partial charge on any atom is 0.185 e. The van der Waals surface area contributed by atoms with Gasteiger partial charge in [-0.1, -0.05) is 49.3 Å². The molecule has 0 spiro atoms. The number of rotatable bonds is 7. The molecule has 2 aromatic rings. The molecule has 8 heteroatoms. The molecule has 0 saturated heterocycles. The van der Waals surface area contributed by atoms with E-state index in [1.807, 2.05) is 24.3 Å². The van der Waals surface area contributed by atoms with Gasteiger partial charge in [0.25, 0.3) is 0 Å². The number of nitrogens with one attached hydrogen (secondary N) is 1. The van der Waals surface area contributed by atoms with Crippen LogP contribution in [0.3, 0.4) is 0 Å². The lowest BCUT2D eigenvalue weighted by Crippen LogP contribution is -2.42. The first-order valence-electron chi connectivity index (χ1n) is 8.40. The van der Waals surface area contributed by atoms with E-state index >= 15 is 0 Å². The molecular weight excluding hydrogens is 352 g/mol. The number of unbranched alkanes of at least 4 members (excludes halogenated alkanes) is 2. The van der Waals surface area contributed by atoms with Gasteiger partial charge in [-0.2, -0.15) is 0 Å². The van der Waals surface area contributed by atoms with Gasteiger partial charge in [0.2, 0.25) is 0 Å². The number of benzene rings is 1. The van der Waals surface area contributed by atoms with Crippen LogP contribution in [-0.2, 0) is 6.42 Å². The highest BCUT2D eigenvalue weighted by molar-refractivity contribution is 8.00. The number of para-hydroxylation sites is 1. The Bertz CT molecular complexity index is 772. The van der Waals surface area contributed by atoms with Gasteiger partial charge in [-0.05, 0) is 23.8 Å². The molecule has 0 fully saturated rings. The van der Waals surface area contributed by atoms with Crippen molar-refractivity contribution in [2.24, 2.45) is 10.7 Å². The van der Waals surface area contributed by atoms with E-state index in [0.717, 1.165) is 28.3 Å². The van der Waals surface area contributed by atoms with E-state index in [4.69, 9.17) is 22.2 Å². The number of hydrogen-bond acceptors (Lipinski definition) is 8. The molecule has 1 aromatic heterocycles. The van der Waals surface area contributed by atoms with Crippen LogP contribution in [0.1, 0.15) is 36.6 Å². The van der Waals surface area contributed by atoms with Crippen molar-refractivity contribution >= 4 is 45.6 Å². The molecule has 1 aliphatic heterocycles. The maximum absolute atomic E-state index is 6.24. The lowest BCUT2D eigenvalue weighted by molar-refractivity contribution is 0.678. The minimum atomic E-state index is -0.610. The van der Waals surface area contributed by atoms with E-state index in [9.17, 15) is 0 Å². The number of amidine groups is 1. The summed E-state index contributed by atoms with van der Waals surface area (Å²) in [6, 6.07) is 7.86. The Morgan fingerprint density at radius 1 is 1.20 bits per heavy atom. The maximum atomic E-state index is 6.24. The number of aromatic nitrogens is 1. The molecule has 1 aromatic carbocycles. The van der Waals surface area contributed by atoms with Crippen LogP contribution in [0.4, 0.5) is 16.6 Å². The number of thiazole rings is 1. The predicted octanol–water partition coefficient (Wildman–Crippen LogP) is 3.26. The third-order valence-corrected chi connectivity index (χ3v) is 6.28. The first-order valence-corrected chi connectivity index (χ1v) is 10.2. The van der Waals surface area contributed by atoms with Crippen LogP contribution in [0.2, 0.25) is 0 Å². The number of nitrogens with zero attached hydrogens (tertiary/aromatic N) is 2. The molecular formula is C17H24N6S2. The lowest BCUT2D eigenvalue weighted by Gasteiger charge is -2.34. The molecule has 0 bridgehead atoms. The molecule has 25 heavy (non-hydrogen) atoms. The minimum Gasteiger partial charge on any atom is -0.399 e. The van der Waals surface area contributed by atoms with Gasteiger partial charge in [-0.15, -0.1) is 11.8 Å². The summed E-state index contributed by atoms with van der Waals surface area (Å²) in [6.45, 7) is 2.20. The van der Waals surface area contributed by atoms with E-state index in [-0.39, 0.29) is 0 Å². The fourth-order valence-electron chi connectivity index (χ4n) is 2.80. The molecule has 0 amide bonds. The Kier molecular flexibility index (Phi) is 5.39. The van der Waals surface area contributed by atoms with Crippen molar-refractivity contribution in [3.63, 3.8) is 0 Å². The topological polar surface area (TPSA) is 115 Å². The number of nitrogen functional groups attached to an aromatic ring is 2. The Balaban J connectivity index is 1.90. The number of nitrogens with two attached hydrogens (primary N) is 3. The first kappa shape index (κ1) is 17.9. The van der Waals surface area contributed by atoms with E-state index in [2.05, 4.69) is 17.2 Å². The summed E-state index contributed by atoms with van der Waals surface area (Å²) in [6.07, 6.45) is 4.15. The molecule has 1 unspecified atom stereocenters. The van der Waals surface area contributed by atoms with Crippen LogP contribution >= 0.6 is 23.1 Å². The fourth-order valence-corrected chi connectivity index (χ4v) is 4.77. The number of thioether (sulfide) groups is 1. The van der Waals surface area contributed by atoms with Crippen molar-refractivity contribution in [1.82, 2.24) is 4.98 Å². The van der Waals surface area contributed by atoms with Gasteiger partial charge in [-0.3, -0.25) is 0 Å². The van der Waals surface area contributed by atoms with E-state index in [0.29, 0.717) is 23.2 Å². The Morgan fingerprint density at radius 3 is 2.76 bits per heavy atom. The Labute approximate surface area is 156 Å². The zero-order valence-electron chi connectivity index (χ0n) is 14.3. The summed E-state index contributed by atoms with van der Waals surface area (Å²) in [5.41, 5.74) is 20.1. The van der Waals surface area contributed by atoms with Gasteiger partial charge in [-0.25, -0.2) is 9.98 Å². The van der Waals surface area contributed by atoms with E-state index in [1.165, 1.54) is 24.2 Å². The third kappa shape index (κ3) is 4.01. The van der Waals surface area contributed by atoms with Gasteiger partial charge in [0.1, 0.15) is 10.7 Å².